The summed E-state index contributed by atoms with van der Waals surface area (Å²) in [6.45, 7) is 4.72. The summed E-state index contributed by atoms with van der Waals surface area (Å²) in [5.74, 6) is 0. The van der Waals surface area contributed by atoms with Crippen molar-refractivity contribution in [3.05, 3.63) is 205 Å². The molecule has 1 aliphatic carbocycles. The molecule has 3 aromatic heterocycles. The third kappa shape index (κ3) is 4.66. The van der Waals surface area contributed by atoms with Gasteiger partial charge in [0.1, 0.15) is 11.2 Å². The lowest BCUT2D eigenvalue weighted by Gasteiger charge is -2.21. The topological polar surface area (TPSA) is 23.0 Å². The number of aromatic nitrogens is 2. The molecule has 13 rings (SSSR count). The predicted octanol–water partition coefficient (Wildman–Crippen LogP) is 15.4. The highest BCUT2D eigenvalue weighted by molar-refractivity contribution is 6.14. The van der Waals surface area contributed by atoms with E-state index in [0.29, 0.717) is 0 Å². The molecule has 3 heteroatoms. The first-order chi connectivity index (χ1) is 29.5. The highest BCUT2D eigenvalue weighted by atomic mass is 16.3. The Balaban J connectivity index is 0.962. The van der Waals surface area contributed by atoms with Gasteiger partial charge < -0.3 is 13.6 Å². The Morgan fingerprint density at radius 1 is 0.333 bits per heavy atom. The average molecular weight is 767 g/mol. The minimum Gasteiger partial charge on any atom is -0.456 e. The van der Waals surface area contributed by atoms with Gasteiger partial charge in [-0.15, -0.1) is 0 Å². The number of para-hydroxylation sites is 3. The van der Waals surface area contributed by atoms with E-state index in [9.17, 15) is 0 Å². The molecule has 0 aliphatic heterocycles. The SMILES string of the molecule is CC1(C)c2ccccc2-c2cc3c4cc(-c5ccc6oc7ccc(-c8ccc9c(c8)c8ccccc8n9-c8ccccc8)cc7c6c5)ccc4n(-c4ccccc4)c3cc21. The second kappa shape index (κ2) is 12.2. The predicted molar refractivity (Wildman–Crippen MR) is 251 cm³/mol. The van der Waals surface area contributed by atoms with Gasteiger partial charge in [-0.2, -0.15) is 0 Å². The van der Waals surface area contributed by atoms with Crippen molar-refractivity contribution in [2.75, 3.05) is 0 Å². The van der Waals surface area contributed by atoms with Crippen molar-refractivity contribution < 1.29 is 4.42 Å². The molecule has 0 radical (unpaired) electrons. The summed E-state index contributed by atoms with van der Waals surface area (Å²) in [5.41, 5.74) is 19.0. The number of benzene rings is 9. The van der Waals surface area contributed by atoms with Crippen molar-refractivity contribution in [1.29, 1.82) is 0 Å². The quantitative estimate of drug-likeness (QED) is 0.175. The molecule has 1 aliphatic rings. The Bertz CT molecular complexity index is 3730. The molecular formula is C57H38N2O. The van der Waals surface area contributed by atoms with Gasteiger partial charge in [-0.1, -0.05) is 117 Å². The van der Waals surface area contributed by atoms with Gasteiger partial charge in [-0.3, -0.25) is 0 Å². The molecule has 282 valence electrons. The van der Waals surface area contributed by atoms with Gasteiger partial charge in [-0.05, 0) is 136 Å². The summed E-state index contributed by atoms with van der Waals surface area (Å²) in [6, 6.07) is 71.1. The molecule has 0 fully saturated rings. The van der Waals surface area contributed by atoms with Gasteiger partial charge in [0, 0.05) is 49.1 Å². The summed E-state index contributed by atoms with van der Waals surface area (Å²) < 4.78 is 11.3. The van der Waals surface area contributed by atoms with E-state index >= 15 is 0 Å². The Kier molecular flexibility index (Phi) is 6.78. The Morgan fingerprint density at radius 3 is 1.43 bits per heavy atom. The van der Waals surface area contributed by atoms with Crippen LogP contribution in [0.15, 0.2) is 199 Å². The zero-order valence-electron chi connectivity index (χ0n) is 33.3. The molecule has 60 heavy (non-hydrogen) atoms. The van der Waals surface area contributed by atoms with Crippen molar-refractivity contribution in [1.82, 2.24) is 9.13 Å². The smallest absolute Gasteiger partial charge is 0.135 e. The van der Waals surface area contributed by atoms with Gasteiger partial charge >= 0.3 is 0 Å². The van der Waals surface area contributed by atoms with Crippen molar-refractivity contribution >= 4 is 65.6 Å². The molecular weight excluding hydrogens is 729 g/mol. The maximum absolute atomic E-state index is 6.48. The lowest BCUT2D eigenvalue weighted by Crippen LogP contribution is -2.14. The van der Waals surface area contributed by atoms with Crippen LogP contribution in [0.2, 0.25) is 0 Å². The number of hydrogen-bond donors (Lipinski definition) is 0. The summed E-state index contributed by atoms with van der Waals surface area (Å²) in [5, 5.41) is 7.25. The third-order valence-electron chi connectivity index (χ3n) is 13.3. The molecule has 0 N–H and O–H groups in total. The number of furan rings is 1. The van der Waals surface area contributed by atoms with Crippen LogP contribution in [0.25, 0.3) is 110 Å². The lowest BCUT2D eigenvalue weighted by molar-refractivity contribution is 0.661. The maximum Gasteiger partial charge on any atom is 0.135 e. The molecule has 12 aromatic rings. The fourth-order valence-corrected chi connectivity index (χ4v) is 10.4. The van der Waals surface area contributed by atoms with Crippen LogP contribution in [0.5, 0.6) is 0 Å². The van der Waals surface area contributed by atoms with Crippen LogP contribution < -0.4 is 0 Å². The van der Waals surface area contributed by atoms with Crippen LogP contribution in [-0.2, 0) is 5.41 Å². The van der Waals surface area contributed by atoms with E-state index in [0.717, 1.165) is 27.6 Å². The molecule has 0 bridgehead atoms. The molecule has 0 atom stereocenters. The highest BCUT2D eigenvalue weighted by Gasteiger charge is 2.36. The Morgan fingerprint density at radius 2 is 0.800 bits per heavy atom. The zero-order valence-corrected chi connectivity index (χ0v) is 33.3. The summed E-state index contributed by atoms with van der Waals surface area (Å²) in [7, 11) is 0. The largest absolute Gasteiger partial charge is 0.456 e. The van der Waals surface area contributed by atoms with Crippen molar-refractivity contribution in [2.45, 2.75) is 19.3 Å². The van der Waals surface area contributed by atoms with Crippen LogP contribution in [0.3, 0.4) is 0 Å². The molecule has 0 unspecified atom stereocenters. The van der Waals surface area contributed by atoms with Gasteiger partial charge in [0.2, 0.25) is 0 Å². The third-order valence-corrected chi connectivity index (χ3v) is 13.3. The van der Waals surface area contributed by atoms with E-state index < -0.39 is 0 Å². The monoisotopic (exact) mass is 766 g/mol. The van der Waals surface area contributed by atoms with E-state index in [2.05, 4.69) is 217 Å². The van der Waals surface area contributed by atoms with Crippen LogP contribution in [0.4, 0.5) is 0 Å². The first-order valence-corrected chi connectivity index (χ1v) is 20.8. The highest BCUT2D eigenvalue weighted by Crippen LogP contribution is 2.51. The molecule has 0 amide bonds. The van der Waals surface area contributed by atoms with E-state index in [1.54, 1.807) is 0 Å². The van der Waals surface area contributed by atoms with Crippen LogP contribution in [0, 0.1) is 0 Å². The number of fused-ring (bicyclic) bond motifs is 12. The zero-order chi connectivity index (χ0) is 39.7. The second-order valence-corrected chi connectivity index (χ2v) is 16.9. The van der Waals surface area contributed by atoms with Crippen LogP contribution >= 0.6 is 0 Å². The molecule has 3 nitrogen and oxygen atoms in total. The second-order valence-electron chi connectivity index (χ2n) is 16.9. The first kappa shape index (κ1) is 33.4. The van der Waals surface area contributed by atoms with Gasteiger partial charge in [0.25, 0.3) is 0 Å². The number of hydrogen-bond acceptors (Lipinski definition) is 1. The van der Waals surface area contributed by atoms with Crippen molar-refractivity contribution in [3.63, 3.8) is 0 Å². The summed E-state index contributed by atoms with van der Waals surface area (Å²) in [4.78, 5) is 0. The average Bonchev–Trinajstić information content (AvgIpc) is 4.00. The Hall–Kier alpha value is -7.62. The van der Waals surface area contributed by atoms with Crippen LogP contribution in [-0.4, -0.2) is 9.13 Å². The fraction of sp³-hybridized carbons (Fsp3) is 0.0526. The number of rotatable bonds is 4. The Labute approximate surface area is 347 Å². The summed E-state index contributed by atoms with van der Waals surface area (Å²) in [6.07, 6.45) is 0. The molecule has 9 aromatic carbocycles. The molecule has 0 spiro atoms. The molecule has 0 saturated carbocycles. The summed E-state index contributed by atoms with van der Waals surface area (Å²) >= 11 is 0. The van der Waals surface area contributed by atoms with Crippen molar-refractivity contribution in [2.24, 2.45) is 0 Å². The first-order valence-electron chi connectivity index (χ1n) is 20.8. The van der Waals surface area contributed by atoms with Crippen molar-refractivity contribution in [3.8, 4) is 44.8 Å². The standard InChI is InChI=1S/C57H38N2O/c1-57(2)49-19-11-9-17-41(49)43-33-46-45-30-36(22-26-53(45)59(54(46)34-50(43)57)40-15-7-4-8-16-40)38-24-28-56-48(32-38)47-31-37(23-27-55(47)60-56)35-21-25-52-44(29-35)42-18-10-12-20-51(42)58(52)39-13-5-3-6-14-39/h3-34H,1-2H3. The maximum atomic E-state index is 6.48. The lowest BCUT2D eigenvalue weighted by atomic mass is 9.82. The fourth-order valence-electron chi connectivity index (χ4n) is 10.4. The van der Waals surface area contributed by atoms with E-state index in [-0.39, 0.29) is 5.41 Å². The number of nitrogens with zero attached hydrogens (tertiary/aromatic N) is 2. The van der Waals surface area contributed by atoms with Gasteiger partial charge in [0.15, 0.2) is 0 Å². The van der Waals surface area contributed by atoms with Gasteiger partial charge in [0.05, 0.1) is 22.1 Å². The van der Waals surface area contributed by atoms with E-state index in [4.69, 9.17) is 4.42 Å². The minimum absolute atomic E-state index is 0.0819. The normalized spacial score (nSPS) is 13.3. The van der Waals surface area contributed by atoms with E-state index in [1.807, 2.05) is 0 Å². The van der Waals surface area contributed by atoms with Crippen LogP contribution in [0.1, 0.15) is 25.0 Å². The molecule has 0 saturated heterocycles. The van der Waals surface area contributed by atoms with Gasteiger partial charge in [-0.25, -0.2) is 0 Å². The molecule has 3 heterocycles. The minimum atomic E-state index is -0.0819. The van der Waals surface area contributed by atoms with E-state index in [1.165, 1.54) is 93.8 Å².